The zero-order valence-corrected chi connectivity index (χ0v) is 24.8. The summed E-state index contributed by atoms with van der Waals surface area (Å²) in [6, 6.07) is 4.35. The topological polar surface area (TPSA) is 156 Å². The highest BCUT2D eigenvalue weighted by Gasteiger charge is 2.39. The molecule has 0 spiro atoms. The fourth-order valence-electron chi connectivity index (χ4n) is 4.98. The number of aromatic hydroxyl groups is 1. The number of carbonyl (C=O) groups is 4. The minimum atomic E-state index is -3.96. The molecule has 11 nitrogen and oxygen atoms in total. The van der Waals surface area contributed by atoms with Crippen molar-refractivity contribution in [1.29, 1.82) is 5.26 Å². The van der Waals surface area contributed by atoms with Crippen LogP contribution in [0.5, 0.6) is 5.75 Å². The average Bonchev–Trinajstić information content (AvgIpc) is 3.56. The summed E-state index contributed by atoms with van der Waals surface area (Å²) in [6.45, 7) is 7.63. The van der Waals surface area contributed by atoms with E-state index in [0.717, 1.165) is 18.8 Å². The first kappa shape index (κ1) is 34.7. The van der Waals surface area contributed by atoms with Gasteiger partial charge in [0.05, 0.1) is 18.5 Å². The van der Waals surface area contributed by atoms with Crippen molar-refractivity contribution >= 4 is 41.6 Å². The fourth-order valence-corrected chi connectivity index (χ4v) is 5.05. The van der Waals surface area contributed by atoms with E-state index in [4.69, 9.17) is 5.26 Å². The maximum absolute atomic E-state index is 12.4. The molecule has 3 heterocycles. The summed E-state index contributed by atoms with van der Waals surface area (Å²) in [4.78, 5) is 52.2. The zero-order valence-electron chi connectivity index (χ0n) is 24.1. The number of nitrogens with one attached hydrogen (secondary N) is 2. The molecular weight excluding hydrogens is 574 g/mol. The van der Waals surface area contributed by atoms with Gasteiger partial charge in [0.2, 0.25) is 18.2 Å². The molecule has 1 aromatic rings. The lowest BCUT2D eigenvalue weighted by molar-refractivity contribution is -0.139. The maximum atomic E-state index is 12.4. The van der Waals surface area contributed by atoms with E-state index in [1.54, 1.807) is 11.0 Å². The van der Waals surface area contributed by atoms with Gasteiger partial charge in [0.15, 0.2) is 11.6 Å². The van der Waals surface area contributed by atoms with Crippen LogP contribution in [0.2, 0.25) is 0 Å². The maximum Gasteiger partial charge on any atom is 0.399 e. The number of aromatic nitrogens is 1. The van der Waals surface area contributed by atoms with Crippen LogP contribution in [-0.4, -0.2) is 81.6 Å². The number of amides is 4. The molecule has 0 aromatic carbocycles. The summed E-state index contributed by atoms with van der Waals surface area (Å²) in [5.74, 6) is -0.938. The Kier molecular flexibility index (Phi) is 13.4. The van der Waals surface area contributed by atoms with Crippen molar-refractivity contribution in [3.63, 3.8) is 0 Å². The predicted octanol–water partition coefficient (Wildman–Crippen LogP) is 3.34. The van der Waals surface area contributed by atoms with Gasteiger partial charge >= 0.3 is 11.3 Å². The lowest BCUT2D eigenvalue weighted by Gasteiger charge is -2.22. The summed E-state index contributed by atoms with van der Waals surface area (Å²) in [7, 11) is 0. The van der Waals surface area contributed by atoms with Gasteiger partial charge in [-0.1, -0.05) is 33.6 Å². The SMILES string of the molecule is CC(C)C.N#CC1CC(C(=O)Nc2ncccc2O)CN1C=O.O=C(CNC(=O)C(F)(F)Cl)N1CC2CCCCC2C1. The molecule has 4 amide bonds. The molecular formula is C28H39ClF2N6O5. The van der Waals surface area contributed by atoms with Crippen molar-refractivity contribution < 1.29 is 33.1 Å². The number of alkyl halides is 3. The van der Waals surface area contributed by atoms with E-state index in [9.17, 15) is 33.1 Å². The average molecular weight is 613 g/mol. The number of hydrogen-bond acceptors (Lipinski definition) is 7. The summed E-state index contributed by atoms with van der Waals surface area (Å²) >= 11 is 4.56. The smallest absolute Gasteiger partial charge is 0.399 e. The lowest BCUT2D eigenvalue weighted by atomic mass is 9.82. The van der Waals surface area contributed by atoms with Gasteiger partial charge in [-0.3, -0.25) is 19.2 Å². The highest BCUT2D eigenvalue weighted by atomic mass is 35.5. The van der Waals surface area contributed by atoms with Gasteiger partial charge in [0.25, 0.3) is 0 Å². The first-order valence-corrected chi connectivity index (χ1v) is 14.3. The van der Waals surface area contributed by atoms with Crippen molar-refractivity contribution in [3.8, 4) is 11.8 Å². The molecule has 2 aliphatic heterocycles. The molecule has 4 unspecified atom stereocenters. The molecule has 42 heavy (non-hydrogen) atoms. The Morgan fingerprint density at radius 3 is 2.29 bits per heavy atom. The lowest BCUT2D eigenvalue weighted by Crippen LogP contribution is -2.43. The number of carbonyl (C=O) groups excluding carboxylic acids is 4. The molecule has 4 atom stereocenters. The van der Waals surface area contributed by atoms with Crippen molar-refractivity contribution in [2.75, 3.05) is 31.5 Å². The molecule has 3 N–H and O–H groups in total. The Morgan fingerprint density at radius 2 is 1.81 bits per heavy atom. The van der Waals surface area contributed by atoms with Crippen LogP contribution in [0.3, 0.4) is 0 Å². The van der Waals surface area contributed by atoms with Gasteiger partial charge in [-0.05, 0) is 60.7 Å². The second kappa shape index (κ2) is 16.2. The van der Waals surface area contributed by atoms with E-state index in [2.05, 4.69) is 42.7 Å². The molecule has 0 bridgehead atoms. The normalized spacial score (nSPS) is 22.9. The Labute approximate surface area is 249 Å². The van der Waals surface area contributed by atoms with Crippen LogP contribution in [0, 0.1) is 35.0 Å². The highest BCUT2D eigenvalue weighted by molar-refractivity contribution is 6.32. The van der Waals surface area contributed by atoms with Gasteiger partial charge in [-0.25, -0.2) is 4.98 Å². The molecule has 3 fully saturated rings. The third kappa shape index (κ3) is 10.7. The van der Waals surface area contributed by atoms with E-state index in [0.29, 0.717) is 31.3 Å². The molecule has 2 saturated heterocycles. The largest absolute Gasteiger partial charge is 0.504 e. The number of likely N-dealkylation sites (tertiary alicyclic amines) is 2. The highest BCUT2D eigenvalue weighted by Crippen LogP contribution is 2.36. The van der Waals surface area contributed by atoms with Crippen molar-refractivity contribution in [2.24, 2.45) is 23.7 Å². The first-order valence-electron chi connectivity index (χ1n) is 13.9. The quantitative estimate of drug-likeness (QED) is 0.329. The predicted molar refractivity (Wildman–Crippen MR) is 151 cm³/mol. The molecule has 3 aliphatic rings. The molecule has 4 rings (SSSR count). The van der Waals surface area contributed by atoms with E-state index in [1.807, 2.05) is 11.4 Å². The van der Waals surface area contributed by atoms with E-state index in [1.165, 1.54) is 30.0 Å². The Bertz CT molecular complexity index is 1110. The summed E-state index contributed by atoms with van der Waals surface area (Å²) < 4.78 is 24.8. The van der Waals surface area contributed by atoms with Crippen LogP contribution >= 0.6 is 11.6 Å². The second-order valence-electron chi connectivity index (χ2n) is 11.3. The minimum absolute atomic E-state index is 0.0746. The zero-order chi connectivity index (χ0) is 31.4. The molecule has 14 heteroatoms. The van der Waals surface area contributed by atoms with Crippen LogP contribution in [0.25, 0.3) is 0 Å². The molecule has 1 saturated carbocycles. The van der Waals surface area contributed by atoms with Crippen LogP contribution in [0.15, 0.2) is 18.3 Å². The number of nitrogens with zero attached hydrogens (tertiary/aromatic N) is 4. The van der Waals surface area contributed by atoms with Crippen molar-refractivity contribution in [2.45, 2.75) is 64.3 Å². The third-order valence-corrected chi connectivity index (χ3v) is 7.18. The van der Waals surface area contributed by atoms with Gasteiger partial charge in [-0.2, -0.15) is 14.0 Å². The minimum Gasteiger partial charge on any atom is -0.504 e. The summed E-state index contributed by atoms with van der Waals surface area (Å²) in [5, 5.41) is 18.8. The van der Waals surface area contributed by atoms with Crippen molar-refractivity contribution in [3.05, 3.63) is 18.3 Å². The fraction of sp³-hybridized carbons (Fsp3) is 0.643. The van der Waals surface area contributed by atoms with Crippen LogP contribution in [0.1, 0.15) is 52.9 Å². The number of anilines is 1. The third-order valence-electron chi connectivity index (χ3n) is 7.01. The second-order valence-corrected chi connectivity index (χ2v) is 11.7. The Morgan fingerprint density at radius 1 is 1.21 bits per heavy atom. The van der Waals surface area contributed by atoms with Crippen LogP contribution in [0.4, 0.5) is 14.6 Å². The van der Waals surface area contributed by atoms with E-state index < -0.39 is 29.8 Å². The van der Waals surface area contributed by atoms with Gasteiger partial charge in [0.1, 0.15) is 6.04 Å². The van der Waals surface area contributed by atoms with Gasteiger partial charge in [0, 0.05) is 25.8 Å². The number of fused-ring (bicyclic) bond motifs is 1. The number of hydrogen-bond donors (Lipinski definition) is 3. The van der Waals surface area contributed by atoms with E-state index >= 15 is 0 Å². The van der Waals surface area contributed by atoms with Crippen LogP contribution in [-0.2, 0) is 19.2 Å². The number of pyridine rings is 1. The van der Waals surface area contributed by atoms with Gasteiger partial charge in [-0.15, -0.1) is 0 Å². The number of rotatable bonds is 6. The molecule has 1 aromatic heterocycles. The Balaban J connectivity index is 0.000000261. The standard InChI is InChI=1S/C12H17ClF2N2O2.C12H12N4O3.C4H10/c13-12(14,15)11(19)16-5-10(18)17-6-8-3-1-2-4-9(8)7-17;13-5-9-4-8(6-16(9)7-17)12(19)15-11-10(18)2-1-3-14-11;1-4(2)3/h8-9H,1-7H2,(H,16,19);1-3,7-9,18H,4,6H2,(H,14,15,19);4H,1-3H3. The molecule has 0 radical (unpaired) electrons. The van der Waals surface area contributed by atoms with Gasteiger partial charge < -0.3 is 25.5 Å². The molecule has 232 valence electrons. The van der Waals surface area contributed by atoms with E-state index in [-0.39, 0.29) is 36.3 Å². The monoisotopic (exact) mass is 612 g/mol. The summed E-state index contributed by atoms with van der Waals surface area (Å²) in [6.07, 6.45) is 6.94. The first-order chi connectivity index (χ1) is 19.8. The molecule has 1 aliphatic carbocycles. The van der Waals surface area contributed by atoms with Crippen LogP contribution < -0.4 is 10.6 Å². The number of nitriles is 1. The van der Waals surface area contributed by atoms with Crippen molar-refractivity contribution in [1.82, 2.24) is 20.1 Å². The number of halogens is 3. The Hall–Kier alpha value is -3.53. The summed E-state index contributed by atoms with van der Waals surface area (Å²) in [5.41, 5.74) is 0.